The van der Waals surface area contributed by atoms with E-state index in [9.17, 15) is 4.79 Å². The largest absolute Gasteiger partial charge is 0.479 e. The Morgan fingerprint density at radius 1 is 1.38 bits per heavy atom. The van der Waals surface area contributed by atoms with Crippen LogP contribution in [0.5, 0.6) is 5.75 Å². The third-order valence-electron chi connectivity index (χ3n) is 3.45. The highest BCUT2D eigenvalue weighted by Gasteiger charge is 2.22. The van der Waals surface area contributed by atoms with E-state index in [0.717, 1.165) is 18.7 Å². The number of hydrogen-bond donors (Lipinski definition) is 1. The first-order valence-electron chi connectivity index (χ1n) is 7.88. The zero-order valence-corrected chi connectivity index (χ0v) is 12.9. The molecule has 0 aliphatic heterocycles. The molecule has 0 bridgehead atoms. The van der Waals surface area contributed by atoms with Gasteiger partial charge in [0.25, 0.3) is 0 Å². The Morgan fingerprint density at radius 2 is 2.19 bits per heavy atom. The molecule has 0 radical (unpaired) electrons. The van der Waals surface area contributed by atoms with Gasteiger partial charge in [0.1, 0.15) is 5.75 Å². The lowest BCUT2D eigenvalue weighted by Gasteiger charge is -2.17. The van der Waals surface area contributed by atoms with Gasteiger partial charge in [0, 0.05) is 12.6 Å². The molecule has 1 unspecified atom stereocenters. The van der Waals surface area contributed by atoms with E-state index in [1.807, 2.05) is 32.0 Å². The van der Waals surface area contributed by atoms with Crippen LogP contribution in [0.4, 0.5) is 0 Å². The average Bonchev–Trinajstić information content (AvgIpc) is 3.30. The van der Waals surface area contributed by atoms with Crippen molar-refractivity contribution >= 4 is 5.97 Å². The van der Waals surface area contributed by atoms with Crippen molar-refractivity contribution < 1.29 is 14.3 Å². The van der Waals surface area contributed by atoms with Gasteiger partial charge in [0.15, 0.2) is 6.10 Å². The van der Waals surface area contributed by atoms with Crippen molar-refractivity contribution in [3.63, 3.8) is 0 Å². The highest BCUT2D eigenvalue weighted by Crippen LogP contribution is 2.21. The Bertz CT molecular complexity index is 457. The van der Waals surface area contributed by atoms with Crippen molar-refractivity contribution in [2.24, 2.45) is 0 Å². The minimum Gasteiger partial charge on any atom is -0.479 e. The van der Waals surface area contributed by atoms with E-state index >= 15 is 0 Å². The highest BCUT2D eigenvalue weighted by atomic mass is 16.6. The molecule has 0 saturated heterocycles. The SMILES string of the molecule is CCCC(Oc1cccc(CNC2CC2)c1)C(=O)OCC. The topological polar surface area (TPSA) is 47.6 Å². The summed E-state index contributed by atoms with van der Waals surface area (Å²) in [7, 11) is 0. The molecular formula is C17H25NO3. The summed E-state index contributed by atoms with van der Waals surface area (Å²) in [5.41, 5.74) is 1.18. The van der Waals surface area contributed by atoms with Crippen LogP contribution in [0, 0.1) is 0 Å². The lowest BCUT2D eigenvalue weighted by Crippen LogP contribution is -2.29. The monoisotopic (exact) mass is 291 g/mol. The van der Waals surface area contributed by atoms with Gasteiger partial charge < -0.3 is 14.8 Å². The quantitative estimate of drug-likeness (QED) is 0.710. The van der Waals surface area contributed by atoms with Crippen LogP contribution in [-0.2, 0) is 16.1 Å². The molecule has 1 aromatic carbocycles. The molecule has 1 atom stereocenters. The van der Waals surface area contributed by atoms with Crippen molar-refractivity contribution in [1.82, 2.24) is 5.32 Å². The summed E-state index contributed by atoms with van der Waals surface area (Å²) in [6.07, 6.45) is 3.59. The van der Waals surface area contributed by atoms with Gasteiger partial charge in [0.2, 0.25) is 0 Å². The second-order valence-corrected chi connectivity index (χ2v) is 5.45. The van der Waals surface area contributed by atoms with E-state index in [4.69, 9.17) is 9.47 Å². The first kappa shape index (κ1) is 15.8. The second-order valence-electron chi connectivity index (χ2n) is 5.45. The van der Waals surface area contributed by atoms with Gasteiger partial charge in [0.05, 0.1) is 6.61 Å². The zero-order valence-electron chi connectivity index (χ0n) is 12.9. The first-order chi connectivity index (χ1) is 10.2. The van der Waals surface area contributed by atoms with Crippen LogP contribution in [0.2, 0.25) is 0 Å². The first-order valence-corrected chi connectivity index (χ1v) is 7.88. The molecule has 0 amide bonds. The number of benzene rings is 1. The summed E-state index contributed by atoms with van der Waals surface area (Å²) >= 11 is 0. The minimum atomic E-state index is -0.512. The Balaban J connectivity index is 1.94. The van der Waals surface area contributed by atoms with Gasteiger partial charge in [-0.2, -0.15) is 0 Å². The van der Waals surface area contributed by atoms with E-state index in [1.54, 1.807) is 0 Å². The maximum atomic E-state index is 11.9. The van der Waals surface area contributed by atoms with E-state index in [0.29, 0.717) is 19.1 Å². The van der Waals surface area contributed by atoms with Gasteiger partial charge in [-0.15, -0.1) is 0 Å². The van der Waals surface area contributed by atoms with Gasteiger partial charge in [-0.1, -0.05) is 25.5 Å². The van der Waals surface area contributed by atoms with Crippen LogP contribution >= 0.6 is 0 Å². The van der Waals surface area contributed by atoms with E-state index in [1.165, 1.54) is 18.4 Å². The van der Waals surface area contributed by atoms with Crippen molar-refractivity contribution in [1.29, 1.82) is 0 Å². The van der Waals surface area contributed by atoms with Gasteiger partial charge in [-0.05, 0) is 43.9 Å². The number of ether oxygens (including phenoxy) is 2. The standard InChI is InChI=1S/C17H25NO3/c1-3-6-16(17(19)20-4-2)21-15-8-5-7-13(11-15)12-18-14-9-10-14/h5,7-8,11,14,16,18H,3-4,6,9-10,12H2,1-2H3. The average molecular weight is 291 g/mol. The predicted octanol–water partition coefficient (Wildman–Crippen LogP) is 3.05. The summed E-state index contributed by atoms with van der Waals surface area (Å²) in [6.45, 7) is 5.07. The van der Waals surface area contributed by atoms with E-state index < -0.39 is 6.10 Å². The highest BCUT2D eigenvalue weighted by molar-refractivity contribution is 5.75. The minimum absolute atomic E-state index is 0.277. The molecule has 21 heavy (non-hydrogen) atoms. The van der Waals surface area contributed by atoms with Crippen LogP contribution in [-0.4, -0.2) is 24.7 Å². The lowest BCUT2D eigenvalue weighted by atomic mass is 10.2. The molecule has 1 aliphatic carbocycles. The molecule has 2 rings (SSSR count). The zero-order chi connectivity index (χ0) is 15.1. The number of nitrogens with one attached hydrogen (secondary N) is 1. The molecule has 1 aliphatic rings. The van der Waals surface area contributed by atoms with Gasteiger partial charge in [-0.25, -0.2) is 4.79 Å². The Kier molecular flexibility index (Phi) is 6.05. The Hall–Kier alpha value is -1.55. The normalized spacial score (nSPS) is 15.5. The molecule has 0 heterocycles. The van der Waals surface area contributed by atoms with Gasteiger partial charge in [-0.3, -0.25) is 0 Å². The van der Waals surface area contributed by atoms with Crippen molar-refractivity contribution in [3.8, 4) is 5.75 Å². The molecule has 0 aromatic heterocycles. The van der Waals surface area contributed by atoms with E-state index in [-0.39, 0.29) is 5.97 Å². The fourth-order valence-corrected chi connectivity index (χ4v) is 2.16. The molecule has 4 nitrogen and oxygen atoms in total. The third kappa shape index (κ3) is 5.38. The fraction of sp³-hybridized carbons (Fsp3) is 0.588. The summed E-state index contributed by atoms with van der Waals surface area (Å²) in [5.74, 6) is 0.456. The van der Waals surface area contributed by atoms with Crippen molar-refractivity contribution in [2.45, 2.75) is 58.2 Å². The van der Waals surface area contributed by atoms with Gasteiger partial charge >= 0.3 is 5.97 Å². The Labute approximate surface area is 126 Å². The lowest BCUT2D eigenvalue weighted by molar-refractivity contribution is -0.151. The number of carbonyl (C=O) groups is 1. The molecule has 1 N–H and O–H groups in total. The molecule has 1 fully saturated rings. The maximum Gasteiger partial charge on any atom is 0.347 e. The third-order valence-corrected chi connectivity index (χ3v) is 3.45. The smallest absolute Gasteiger partial charge is 0.347 e. The predicted molar refractivity (Wildman–Crippen MR) is 82.3 cm³/mol. The van der Waals surface area contributed by atoms with Crippen molar-refractivity contribution in [3.05, 3.63) is 29.8 Å². The molecular weight excluding hydrogens is 266 g/mol. The van der Waals surface area contributed by atoms with Crippen LogP contribution in [0.25, 0.3) is 0 Å². The number of rotatable bonds is 9. The molecule has 1 saturated carbocycles. The summed E-state index contributed by atoms with van der Waals surface area (Å²) < 4.78 is 10.9. The van der Waals surface area contributed by atoms with Crippen LogP contribution < -0.4 is 10.1 Å². The number of esters is 1. The molecule has 0 spiro atoms. The molecule has 116 valence electrons. The fourth-order valence-electron chi connectivity index (χ4n) is 2.16. The number of carbonyl (C=O) groups excluding carboxylic acids is 1. The summed E-state index contributed by atoms with van der Waals surface area (Å²) in [4.78, 5) is 11.9. The van der Waals surface area contributed by atoms with Crippen LogP contribution in [0.15, 0.2) is 24.3 Å². The summed E-state index contributed by atoms with van der Waals surface area (Å²) in [6, 6.07) is 8.61. The Morgan fingerprint density at radius 3 is 2.86 bits per heavy atom. The number of hydrogen-bond acceptors (Lipinski definition) is 4. The summed E-state index contributed by atoms with van der Waals surface area (Å²) in [5, 5.41) is 3.47. The molecule has 1 aromatic rings. The second kappa shape index (κ2) is 8.03. The maximum absolute atomic E-state index is 11.9. The van der Waals surface area contributed by atoms with Crippen LogP contribution in [0.1, 0.15) is 45.1 Å². The molecule has 4 heteroatoms. The van der Waals surface area contributed by atoms with Crippen LogP contribution in [0.3, 0.4) is 0 Å². The van der Waals surface area contributed by atoms with E-state index in [2.05, 4.69) is 11.4 Å². The van der Waals surface area contributed by atoms with Crippen molar-refractivity contribution in [2.75, 3.05) is 6.61 Å².